The second kappa shape index (κ2) is 13.2. The van der Waals surface area contributed by atoms with Crippen molar-refractivity contribution in [3.63, 3.8) is 0 Å². The topological polar surface area (TPSA) is 38.4 Å². The maximum Gasteiger partial charge on any atom is 0.126 e. The predicted octanol–water partition coefficient (Wildman–Crippen LogP) is 12.8. The third-order valence-corrected chi connectivity index (χ3v) is 11.0. The van der Waals surface area contributed by atoms with Gasteiger partial charge in [0.1, 0.15) is 5.84 Å². The zero-order chi connectivity index (χ0) is 35.9. The zero-order valence-electron chi connectivity index (χ0n) is 30.0. The number of benzene rings is 8. The second-order valence-electron chi connectivity index (χ2n) is 14.6. The standard InChI is InChI=1S/C51H40N2/c1-51(2)46-22-12-21-44(49(46)45-32-40-18-8-9-19-41(40)33-47(45)51)43-20-11-10-14-36(43)29-30-48(53-50(52)38-15-4-3-5-16-38)37-26-23-35(24-27-37)42-28-25-34-13-6-7-17-39(34)31-42/h3-33,48H,1-2H3,(H2,52,53)/b30-29+. The largest absolute Gasteiger partial charge is 0.383 e. The van der Waals surface area contributed by atoms with Crippen LogP contribution in [0.2, 0.25) is 0 Å². The van der Waals surface area contributed by atoms with E-state index in [0.29, 0.717) is 5.84 Å². The number of aliphatic imine (C=N–C) groups is 1. The number of nitrogens with two attached hydrogens (primary N) is 1. The summed E-state index contributed by atoms with van der Waals surface area (Å²) in [5, 5.41) is 5.02. The Morgan fingerprint density at radius 2 is 1.15 bits per heavy atom. The minimum Gasteiger partial charge on any atom is -0.383 e. The van der Waals surface area contributed by atoms with Crippen molar-refractivity contribution in [3.8, 4) is 33.4 Å². The van der Waals surface area contributed by atoms with Crippen molar-refractivity contribution in [2.45, 2.75) is 25.3 Å². The summed E-state index contributed by atoms with van der Waals surface area (Å²) < 4.78 is 0. The van der Waals surface area contributed by atoms with Crippen LogP contribution in [-0.4, -0.2) is 5.84 Å². The summed E-state index contributed by atoms with van der Waals surface area (Å²) in [7, 11) is 0. The predicted molar refractivity (Wildman–Crippen MR) is 225 cm³/mol. The summed E-state index contributed by atoms with van der Waals surface area (Å²) in [6.07, 6.45) is 4.41. The van der Waals surface area contributed by atoms with Crippen molar-refractivity contribution in [1.82, 2.24) is 0 Å². The maximum absolute atomic E-state index is 6.68. The van der Waals surface area contributed by atoms with Gasteiger partial charge in [-0.3, -0.25) is 4.99 Å². The zero-order valence-corrected chi connectivity index (χ0v) is 30.0. The van der Waals surface area contributed by atoms with E-state index in [1.807, 2.05) is 30.3 Å². The molecule has 1 aliphatic rings. The molecular formula is C51H40N2. The lowest BCUT2D eigenvalue weighted by molar-refractivity contribution is 0.661. The molecule has 9 rings (SSSR count). The van der Waals surface area contributed by atoms with Crippen LogP contribution in [0.5, 0.6) is 0 Å². The molecule has 8 aromatic rings. The SMILES string of the molecule is CC1(C)c2cc3ccccc3cc2-c2c(-c3ccccc3/C=C/C(N=C(N)c3ccccc3)c3ccc(-c4ccc5ccccc5c4)cc3)cccc21. The van der Waals surface area contributed by atoms with Crippen LogP contribution in [0.25, 0.3) is 61.0 Å². The number of fused-ring (bicyclic) bond motifs is 5. The number of nitrogens with zero attached hydrogens (tertiary/aromatic N) is 1. The molecule has 1 aliphatic carbocycles. The molecule has 0 bridgehead atoms. The molecule has 1 unspecified atom stereocenters. The van der Waals surface area contributed by atoms with Gasteiger partial charge < -0.3 is 5.73 Å². The van der Waals surface area contributed by atoms with Crippen LogP contribution >= 0.6 is 0 Å². The molecule has 0 fully saturated rings. The van der Waals surface area contributed by atoms with Gasteiger partial charge in [0, 0.05) is 11.0 Å². The Morgan fingerprint density at radius 3 is 1.92 bits per heavy atom. The van der Waals surface area contributed by atoms with E-state index >= 15 is 0 Å². The summed E-state index contributed by atoms with van der Waals surface area (Å²) in [6, 6.07) is 62.6. The van der Waals surface area contributed by atoms with Gasteiger partial charge in [0.15, 0.2) is 0 Å². The van der Waals surface area contributed by atoms with Gasteiger partial charge in [-0.05, 0) is 95.4 Å². The van der Waals surface area contributed by atoms with Crippen LogP contribution < -0.4 is 5.73 Å². The molecule has 0 amide bonds. The fourth-order valence-electron chi connectivity index (χ4n) is 8.08. The first kappa shape index (κ1) is 32.4. The number of amidine groups is 1. The molecule has 0 saturated carbocycles. The lowest BCUT2D eigenvalue weighted by Gasteiger charge is -2.22. The highest BCUT2D eigenvalue weighted by atomic mass is 14.9. The van der Waals surface area contributed by atoms with Crippen LogP contribution in [0.15, 0.2) is 187 Å². The normalized spacial score (nSPS) is 14.0. The summed E-state index contributed by atoms with van der Waals surface area (Å²) in [6.45, 7) is 4.71. The van der Waals surface area contributed by atoms with Crippen molar-refractivity contribution in [2.24, 2.45) is 10.7 Å². The molecule has 0 aromatic heterocycles. The Kier molecular flexibility index (Phi) is 8.09. The summed E-state index contributed by atoms with van der Waals surface area (Å²) >= 11 is 0. The summed E-state index contributed by atoms with van der Waals surface area (Å²) in [5.74, 6) is 0.513. The van der Waals surface area contributed by atoms with Gasteiger partial charge in [0.05, 0.1) is 6.04 Å². The van der Waals surface area contributed by atoms with Crippen LogP contribution in [0.4, 0.5) is 0 Å². The van der Waals surface area contributed by atoms with E-state index in [-0.39, 0.29) is 11.5 Å². The van der Waals surface area contributed by atoms with Crippen LogP contribution in [-0.2, 0) is 5.41 Å². The van der Waals surface area contributed by atoms with Gasteiger partial charge in [-0.2, -0.15) is 0 Å². The number of rotatable bonds is 7. The van der Waals surface area contributed by atoms with E-state index in [2.05, 4.69) is 172 Å². The van der Waals surface area contributed by atoms with E-state index in [9.17, 15) is 0 Å². The molecule has 0 radical (unpaired) electrons. The molecule has 1 atom stereocenters. The van der Waals surface area contributed by atoms with Crippen molar-refractivity contribution in [1.29, 1.82) is 0 Å². The highest BCUT2D eigenvalue weighted by Crippen LogP contribution is 2.53. The molecule has 8 aromatic carbocycles. The van der Waals surface area contributed by atoms with Crippen LogP contribution in [0.1, 0.15) is 47.7 Å². The van der Waals surface area contributed by atoms with Gasteiger partial charge >= 0.3 is 0 Å². The first-order chi connectivity index (χ1) is 25.9. The van der Waals surface area contributed by atoms with Gasteiger partial charge in [-0.15, -0.1) is 0 Å². The molecule has 2 heteroatoms. The monoisotopic (exact) mass is 680 g/mol. The second-order valence-corrected chi connectivity index (χ2v) is 14.6. The minimum absolute atomic E-state index is 0.108. The fourth-order valence-corrected chi connectivity index (χ4v) is 8.08. The molecule has 0 heterocycles. The van der Waals surface area contributed by atoms with Crippen molar-refractivity contribution >= 4 is 33.5 Å². The minimum atomic E-state index is -0.290. The maximum atomic E-state index is 6.68. The van der Waals surface area contributed by atoms with Gasteiger partial charge in [-0.1, -0.05) is 184 Å². The van der Waals surface area contributed by atoms with Gasteiger partial charge in [0.2, 0.25) is 0 Å². The molecule has 2 nitrogen and oxygen atoms in total. The fraction of sp³-hybridized carbons (Fsp3) is 0.0784. The lowest BCUT2D eigenvalue weighted by Crippen LogP contribution is -2.14. The smallest absolute Gasteiger partial charge is 0.126 e. The van der Waals surface area contributed by atoms with E-state index < -0.39 is 0 Å². The van der Waals surface area contributed by atoms with E-state index in [4.69, 9.17) is 10.7 Å². The van der Waals surface area contributed by atoms with Crippen molar-refractivity contribution in [2.75, 3.05) is 0 Å². The summed E-state index contributed by atoms with van der Waals surface area (Å²) in [4.78, 5) is 5.12. The quantitative estimate of drug-likeness (QED) is 0.132. The Hall–Kier alpha value is -6.51. The first-order valence-electron chi connectivity index (χ1n) is 18.4. The third kappa shape index (κ3) is 5.93. The van der Waals surface area contributed by atoms with E-state index in [1.54, 1.807) is 0 Å². The molecule has 254 valence electrons. The molecule has 2 N–H and O–H groups in total. The molecule has 53 heavy (non-hydrogen) atoms. The van der Waals surface area contributed by atoms with Crippen molar-refractivity contribution in [3.05, 3.63) is 210 Å². The molecule has 0 spiro atoms. The highest BCUT2D eigenvalue weighted by molar-refractivity contribution is 6.00. The average molecular weight is 681 g/mol. The number of hydrogen-bond acceptors (Lipinski definition) is 1. The van der Waals surface area contributed by atoms with E-state index in [0.717, 1.165) is 16.7 Å². The molecule has 0 aliphatic heterocycles. The Labute approximate surface area is 311 Å². The Balaban J connectivity index is 1.12. The van der Waals surface area contributed by atoms with E-state index in [1.165, 1.54) is 66.1 Å². The summed E-state index contributed by atoms with van der Waals surface area (Å²) in [5.41, 5.74) is 19.9. The first-order valence-corrected chi connectivity index (χ1v) is 18.4. The highest BCUT2D eigenvalue weighted by Gasteiger charge is 2.37. The number of hydrogen-bond donors (Lipinski definition) is 1. The van der Waals surface area contributed by atoms with Gasteiger partial charge in [0.25, 0.3) is 0 Å². The lowest BCUT2D eigenvalue weighted by atomic mass is 9.81. The van der Waals surface area contributed by atoms with Gasteiger partial charge in [-0.25, -0.2) is 0 Å². The Bertz CT molecular complexity index is 2700. The van der Waals surface area contributed by atoms with Crippen LogP contribution in [0, 0.1) is 0 Å². The Morgan fingerprint density at radius 1 is 0.528 bits per heavy atom. The van der Waals surface area contributed by atoms with Crippen LogP contribution in [0.3, 0.4) is 0 Å². The molecule has 0 saturated heterocycles. The third-order valence-electron chi connectivity index (χ3n) is 11.0. The van der Waals surface area contributed by atoms with Crippen molar-refractivity contribution < 1.29 is 0 Å². The molecular weight excluding hydrogens is 641 g/mol. The average Bonchev–Trinajstić information content (AvgIpc) is 3.44.